The number of aryl methyl sites for hydroxylation is 1. The number of hydrogen-bond donors (Lipinski definition) is 0. The van der Waals surface area contributed by atoms with Crippen LogP contribution in [0.1, 0.15) is 38.5 Å². The molecule has 0 N–H and O–H groups in total. The van der Waals surface area contributed by atoms with E-state index in [0.717, 1.165) is 6.54 Å². The molecule has 2 aliphatic heterocycles. The molecule has 2 aliphatic rings. The molecule has 6 nitrogen and oxygen atoms in total. The fraction of sp³-hybridized carbons (Fsp3) is 0.591. The summed E-state index contributed by atoms with van der Waals surface area (Å²) in [5, 5.41) is 0.602. The summed E-state index contributed by atoms with van der Waals surface area (Å²) in [4.78, 5) is 34.1. The van der Waals surface area contributed by atoms with Crippen LogP contribution in [0.2, 0.25) is 0 Å². The molecule has 1 amide bonds. The van der Waals surface area contributed by atoms with E-state index >= 15 is 0 Å². The Morgan fingerprint density at radius 2 is 2.00 bits per heavy atom. The van der Waals surface area contributed by atoms with E-state index in [-0.39, 0.29) is 11.5 Å². The second kappa shape index (κ2) is 8.43. The van der Waals surface area contributed by atoms with Gasteiger partial charge in [0.05, 0.1) is 17.2 Å². The van der Waals surface area contributed by atoms with Crippen molar-refractivity contribution >= 4 is 16.8 Å². The lowest BCUT2D eigenvalue weighted by Gasteiger charge is -2.45. The van der Waals surface area contributed by atoms with E-state index in [0.29, 0.717) is 35.8 Å². The Kier molecular flexibility index (Phi) is 5.76. The third-order valence-electron chi connectivity index (χ3n) is 6.46. The molecule has 2 atom stereocenters. The van der Waals surface area contributed by atoms with Gasteiger partial charge in [-0.05, 0) is 56.8 Å². The molecule has 0 spiro atoms. The zero-order chi connectivity index (χ0) is 19.5. The summed E-state index contributed by atoms with van der Waals surface area (Å²) in [6.45, 7) is 3.64. The number of benzene rings is 1. The molecule has 0 unspecified atom stereocenters. The maximum absolute atomic E-state index is 12.7. The van der Waals surface area contributed by atoms with E-state index in [1.807, 2.05) is 30.1 Å². The molecule has 0 aliphatic carbocycles. The van der Waals surface area contributed by atoms with Crippen molar-refractivity contribution in [2.24, 2.45) is 5.92 Å². The number of amides is 1. The summed E-state index contributed by atoms with van der Waals surface area (Å²) in [5.74, 6) is 0.682. The number of rotatable bonds is 5. The van der Waals surface area contributed by atoms with Gasteiger partial charge in [-0.15, -0.1) is 0 Å². The van der Waals surface area contributed by atoms with Gasteiger partial charge in [-0.3, -0.25) is 14.2 Å². The highest BCUT2D eigenvalue weighted by molar-refractivity contribution is 5.77. The minimum absolute atomic E-state index is 0.0776. The molecule has 3 heterocycles. The molecule has 6 heteroatoms. The van der Waals surface area contributed by atoms with Crippen molar-refractivity contribution < 1.29 is 4.79 Å². The van der Waals surface area contributed by atoms with Crippen molar-refractivity contribution in [3.63, 3.8) is 0 Å². The Labute approximate surface area is 166 Å². The molecule has 28 heavy (non-hydrogen) atoms. The molecule has 1 aromatic carbocycles. The first-order chi connectivity index (χ1) is 13.6. The predicted octanol–water partition coefficient (Wildman–Crippen LogP) is 2.51. The van der Waals surface area contributed by atoms with Gasteiger partial charge < -0.3 is 9.80 Å². The van der Waals surface area contributed by atoms with Crippen LogP contribution in [0.25, 0.3) is 10.9 Å². The molecule has 0 radical (unpaired) electrons. The van der Waals surface area contributed by atoms with Gasteiger partial charge in [0.25, 0.3) is 5.56 Å². The van der Waals surface area contributed by atoms with E-state index in [1.54, 1.807) is 17.0 Å². The highest BCUT2D eigenvalue weighted by Crippen LogP contribution is 2.31. The summed E-state index contributed by atoms with van der Waals surface area (Å²) in [5.41, 5.74) is 0.618. The van der Waals surface area contributed by atoms with Crippen molar-refractivity contribution in [3.8, 4) is 0 Å². The number of para-hydroxylation sites is 1. The molecule has 2 aromatic rings. The van der Waals surface area contributed by atoms with E-state index in [9.17, 15) is 9.59 Å². The van der Waals surface area contributed by atoms with Gasteiger partial charge >= 0.3 is 0 Å². The monoisotopic (exact) mass is 382 g/mol. The normalized spacial score (nSPS) is 22.8. The number of fused-ring (bicyclic) bond motifs is 2. The van der Waals surface area contributed by atoms with Crippen LogP contribution in [-0.2, 0) is 11.3 Å². The fourth-order valence-corrected chi connectivity index (χ4v) is 4.92. The number of carbonyl (C=O) groups excluding carboxylic acids is 1. The van der Waals surface area contributed by atoms with Gasteiger partial charge in [-0.1, -0.05) is 18.6 Å². The van der Waals surface area contributed by atoms with Crippen LogP contribution in [-0.4, -0.2) is 58.0 Å². The van der Waals surface area contributed by atoms with E-state index in [2.05, 4.69) is 9.88 Å². The van der Waals surface area contributed by atoms with Crippen molar-refractivity contribution in [2.75, 3.05) is 26.7 Å². The SMILES string of the molecule is CN(C[C@@H]1CCCN2CCCC[C@@H]12)C(=O)CCn1cnc2ccccc2c1=O. The Balaban J connectivity index is 1.36. The van der Waals surface area contributed by atoms with E-state index < -0.39 is 0 Å². The maximum atomic E-state index is 12.7. The molecule has 0 bridgehead atoms. The summed E-state index contributed by atoms with van der Waals surface area (Å²) < 4.78 is 1.55. The first-order valence-corrected chi connectivity index (χ1v) is 10.6. The summed E-state index contributed by atoms with van der Waals surface area (Å²) >= 11 is 0. The lowest BCUT2D eigenvalue weighted by molar-refractivity contribution is -0.131. The van der Waals surface area contributed by atoms with Crippen molar-refractivity contribution in [2.45, 2.75) is 51.1 Å². The quantitative estimate of drug-likeness (QED) is 0.797. The average Bonchev–Trinajstić information content (AvgIpc) is 2.73. The topological polar surface area (TPSA) is 58.4 Å². The smallest absolute Gasteiger partial charge is 0.261 e. The molecular weight excluding hydrogens is 352 g/mol. The zero-order valence-corrected chi connectivity index (χ0v) is 16.7. The van der Waals surface area contributed by atoms with Crippen LogP contribution in [0.4, 0.5) is 0 Å². The van der Waals surface area contributed by atoms with Crippen LogP contribution in [0, 0.1) is 5.92 Å². The van der Waals surface area contributed by atoms with Crippen LogP contribution >= 0.6 is 0 Å². The second-order valence-electron chi connectivity index (χ2n) is 8.29. The molecule has 150 valence electrons. The van der Waals surface area contributed by atoms with Crippen LogP contribution in [0.15, 0.2) is 35.4 Å². The van der Waals surface area contributed by atoms with Gasteiger partial charge in [0.2, 0.25) is 5.91 Å². The highest BCUT2D eigenvalue weighted by atomic mass is 16.2. The molecular formula is C22H30N4O2. The molecule has 0 saturated carbocycles. The zero-order valence-electron chi connectivity index (χ0n) is 16.7. The number of aromatic nitrogens is 2. The number of piperidine rings is 2. The average molecular weight is 383 g/mol. The molecule has 1 aromatic heterocycles. The minimum Gasteiger partial charge on any atom is -0.345 e. The third kappa shape index (κ3) is 3.97. The lowest BCUT2D eigenvalue weighted by Crippen LogP contribution is -2.51. The molecule has 2 saturated heterocycles. The van der Waals surface area contributed by atoms with E-state index in [4.69, 9.17) is 0 Å². The Hall–Kier alpha value is -2.21. The second-order valence-corrected chi connectivity index (χ2v) is 8.29. The summed E-state index contributed by atoms with van der Waals surface area (Å²) in [6.07, 6.45) is 8.23. The number of carbonyl (C=O) groups is 1. The molecule has 2 fully saturated rings. The van der Waals surface area contributed by atoms with Crippen LogP contribution in [0.3, 0.4) is 0 Å². The first kappa shape index (κ1) is 19.1. The third-order valence-corrected chi connectivity index (χ3v) is 6.46. The summed E-state index contributed by atoms with van der Waals surface area (Å²) in [6, 6.07) is 7.97. The minimum atomic E-state index is -0.0776. The highest BCUT2D eigenvalue weighted by Gasteiger charge is 2.33. The number of hydrogen-bond acceptors (Lipinski definition) is 4. The standard InChI is InChI=1S/C22H30N4O2/c1-24(15-17-7-6-13-25-12-5-4-10-20(17)25)21(27)11-14-26-16-23-19-9-3-2-8-18(19)22(26)28/h2-3,8-9,16-17,20H,4-7,10-15H2,1H3/t17-,20-/m0/s1. The van der Waals surface area contributed by atoms with Gasteiger partial charge in [-0.2, -0.15) is 0 Å². The van der Waals surface area contributed by atoms with Gasteiger partial charge in [0, 0.05) is 32.6 Å². The fourth-order valence-electron chi connectivity index (χ4n) is 4.92. The lowest BCUT2D eigenvalue weighted by atomic mass is 9.83. The van der Waals surface area contributed by atoms with Gasteiger partial charge in [0.15, 0.2) is 0 Å². The maximum Gasteiger partial charge on any atom is 0.261 e. The Morgan fingerprint density at radius 1 is 1.18 bits per heavy atom. The van der Waals surface area contributed by atoms with Crippen LogP contribution in [0.5, 0.6) is 0 Å². The summed E-state index contributed by atoms with van der Waals surface area (Å²) in [7, 11) is 1.91. The van der Waals surface area contributed by atoms with Crippen LogP contribution < -0.4 is 5.56 Å². The Morgan fingerprint density at radius 3 is 2.89 bits per heavy atom. The Bertz CT molecular complexity index is 891. The van der Waals surface area contributed by atoms with Gasteiger partial charge in [-0.25, -0.2) is 4.98 Å². The predicted molar refractivity (Wildman–Crippen MR) is 110 cm³/mol. The van der Waals surface area contributed by atoms with Crippen molar-refractivity contribution in [1.82, 2.24) is 19.4 Å². The molecule has 4 rings (SSSR count). The van der Waals surface area contributed by atoms with Gasteiger partial charge in [0.1, 0.15) is 0 Å². The number of nitrogens with zero attached hydrogens (tertiary/aromatic N) is 4. The van der Waals surface area contributed by atoms with Crippen molar-refractivity contribution in [1.29, 1.82) is 0 Å². The first-order valence-electron chi connectivity index (χ1n) is 10.6. The van der Waals surface area contributed by atoms with E-state index in [1.165, 1.54) is 45.2 Å². The largest absolute Gasteiger partial charge is 0.345 e. The van der Waals surface area contributed by atoms with Crippen molar-refractivity contribution in [3.05, 3.63) is 40.9 Å².